The van der Waals surface area contributed by atoms with Crippen LogP contribution in [-0.4, -0.2) is 22.0 Å². The van der Waals surface area contributed by atoms with E-state index in [-0.39, 0.29) is 18.5 Å². The highest BCUT2D eigenvalue weighted by Gasteiger charge is 2.18. The number of carbonyl (C=O) groups excluding carboxylic acids is 1. The molecule has 0 radical (unpaired) electrons. The maximum atomic E-state index is 13.9. The molecule has 134 valence electrons. The highest BCUT2D eigenvalue weighted by molar-refractivity contribution is 6.04. The van der Waals surface area contributed by atoms with Crippen molar-refractivity contribution in [1.82, 2.24) is 9.97 Å². The summed E-state index contributed by atoms with van der Waals surface area (Å²) < 4.78 is 19.2. The number of pyridine rings is 2. The number of hydrogen-bond acceptors (Lipinski definition) is 5. The zero-order chi connectivity index (χ0) is 18.7. The lowest BCUT2D eigenvalue weighted by atomic mass is 10.1. The Balaban J connectivity index is 2.03. The van der Waals surface area contributed by atoms with E-state index in [1.54, 1.807) is 32.0 Å². The maximum absolute atomic E-state index is 13.9. The summed E-state index contributed by atoms with van der Waals surface area (Å²) in [6.45, 7) is 5.66. The van der Waals surface area contributed by atoms with Crippen molar-refractivity contribution in [3.8, 4) is 0 Å². The van der Waals surface area contributed by atoms with E-state index in [1.807, 2.05) is 19.1 Å². The van der Waals surface area contributed by atoms with Gasteiger partial charge < -0.3 is 10.1 Å². The number of aromatic nitrogens is 2. The average molecular weight is 353 g/mol. The lowest BCUT2D eigenvalue weighted by Gasteiger charge is -2.15. The van der Waals surface area contributed by atoms with Crippen molar-refractivity contribution in [3.05, 3.63) is 65.2 Å². The molecule has 2 heterocycles. The summed E-state index contributed by atoms with van der Waals surface area (Å²) in [6, 6.07) is 10.2. The molecule has 5 nitrogen and oxygen atoms in total. The summed E-state index contributed by atoms with van der Waals surface area (Å²) in [5, 5.41) is 3.85. The number of esters is 1. The molecule has 6 heteroatoms. The van der Waals surface area contributed by atoms with Crippen LogP contribution in [0.5, 0.6) is 0 Å². The molecule has 0 aliphatic carbocycles. The van der Waals surface area contributed by atoms with Gasteiger partial charge in [-0.3, -0.25) is 0 Å². The molecule has 0 atom stereocenters. The van der Waals surface area contributed by atoms with Crippen LogP contribution < -0.4 is 5.32 Å². The van der Waals surface area contributed by atoms with E-state index in [9.17, 15) is 9.18 Å². The lowest BCUT2D eigenvalue weighted by molar-refractivity contribution is 0.0379. The third-order valence-corrected chi connectivity index (χ3v) is 3.85. The molecular formula is C20H20FN3O2. The Morgan fingerprint density at radius 3 is 2.73 bits per heavy atom. The maximum Gasteiger partial charge on any atom is 0.342 e. The molecule has 26 heavy (non-hydrogen) atoms. The van der Waals surface area contributed by atoms with Gasteiger partial charge in [-0.2, -0.15) is 0 Å². The Hall–Kier alpha value is -3.02. The standard InChI is InChI=1S/C20H20FN3O2/c1-12(2)26-20(25)16-11-23-19-15(9-8-13(3)24-19)18(16)22-10-14-6-4-5-7-17(14)21/h4-9,11-12H,10H2,1-3H3,(H,22,23,24). The first-order chi connectivity index (χ1) is 12.5. The summed E-state index contributed by atoms with van der Waals surface area (Å²) >= 11 is 0. The van der Waals surface area contributed by atoms with Crippen molar-refractivity contribution in [3.63, 3.8) is 0 Å². The zero-order valence-corrected chi connectivity index (χ0v) is 14.9. The average Bonchev–Trinajstić information content (AvgIpc) is 2.59. The number of aryl methyl sites for hydroxylation is 1. The van der Waals surface area contributed by atoms with E-state index in [0.29, 0.717) is 27.8 Å². The molecule has 0 amide bonds. The van der Waals surface area contributed by atoms with Gasteiger partial charge in [0.05, 0.1) is 11.8 Å². The van der Waals surface area contributed by atoms with Gasteiger partial charge in [-0.25, -0.2) is 19.2 Å². The van der Waals surface area contributed by atoms with Gasteiger partial charge in [0.25, 0.3) is 0 Å². The molecule has 1 N–H and O–H groups in total. The van der Waals surface area contributed by atoms with Crippen LogP contribution >= 0.6 is 0 Å². The second-order valence-electron chi connectivity index (χ2n) is 6.27. The number of nitrogens with zero attached hydrogens (tertiary/aromatic N) is 2. The van der Waals surface area contributed by atoms with E-state index in [4.69, 9.17) is 4.74 Å². The largest absolute Gasteiger partial charge is 0.459 e. The highest BCUT2D eigenvalue weighted by Crippen LogP contribution is 2.27. The molecule has 0 aliphatic rings. The number of benzene rings is 1. The second kappa shape index (κ2) is 7.47. The Bertz CT molecular complexity index is 957. The van der Waals surface area contributed by atoms with E-state index in [2.05, 4.69) is 15.3 Å². The topological polar surface area (TPSA) is 64.1 Å². The number of nitrogens with one attached hydrogen (secondary N) is 1. The van der Waals surface area contributed by atoms with Crippen LogP contribution in [0.1, 0.15) is 35.5 Å². The molecular weight excluding hydrogens is 333 g/mol. The molecule has 0 fully saturated rings. The summed E-state index contributed by atoms with van der Waals surface area (Å²) in [4.78, 5) is 21.1. The van der Waals surface area contributed by atoms with Gasteiger partial charge >= 0.3 is 5.97 Å². The number of fused-ring (bicyclic) bond motifs is 1. The molecule has 0 saturated heterocycles. The summed E-state index contributed by atoms with van der Waals surface area (Å²) in [7, 11) is 0. The number of hydrogen-bond donors (Lipinski definition) is 1. The van der Waals surface area contributed by atoms with Crippen LogP contribution in [0, 0.1) is 12.7 Å². The fourth-order valence-electron chi connectivity index (χ4n) is 2.62. The quantitative estimate of drug-likeness (QED) is 0.695. The molecule has 3 rings (SSSR count). The van der Waals surface area contributed by atoms with E-state index >= 15 is 0 Å². The number of ether oxygens (including phenoxy) is 1. The van der Waals surface area contributed by atoms with Gasteiger partial charge in [-0.15, -0.1) is 0 Å². The SMILES string of the molecule is Cc1ccc2c(NCc3ccccc3F)c(C(=O)OC(C)C)cnc2n1. The van der Waals surface area contributed by atoms with Crippen molar-refractivity contribution in [1.29, 1.82) is 0 Å². The number of anilines is 1. The van der Waals surface area contributed by atoms with Crippen LogP contribution in [-0.2, 0) is 11.3 Å². The van der Waals surface area contributed by atoms with Crippen LogP contribution in [0.3, 0.4) is 0 Å². The van der Waals surface area contributed by atoms with Crippen molar-refractivity contribution in [2.24, 2.45) is 0 Å². The molecule has 1 aromatic carbocycles. The Morgan fingerprint density at radius 1 is 1.23 bits per heavy atom. The molecule has 0 unspecified atom stereocenters. The van der Waals surface area contributed by atoms with E-state index in [1.165, 1.54) is 12.3 Å². The molecule has 0 saturated carbocycles. The van der Waals surface area contributed by atoms with Crippen LogP contribution in [0.4, 0.5) is 10.1 Å². The van der Waals surface area contributed by atoms with Crippen molar-refractivity contribution >= 4 is 22.7 Å². The molecule has 0 aliphatic heterocycles. The Kier molecular flexibility index (Phi) is 5.11. The predicted molar refractivity (Wildman–Crippen MR) is 98.6 cm³/mol. The van der Waals surface area contributed by atoms with Gasteiger partial charge in [-0.1, -0.05) is 18.2 Å². The minimum absolute atomic E-state index is 0.224. The summed E-state index contributed by atoms with van der Waals surface area (Å²) in [5.41, 5.74) is 2.68. The normalized spacial score (nSPS) is 11.0. The zero-order valence-electron chi connectivity index (χ0n) is 14.9. The summed E-state index contributed by atoms with van der Waals surface area (Å²) in [5.74, 6) is -0.787. The predicted octanol–water partition coefficient (Wildman–Crippen LogP) is 4.25. The van der Waals surface area contributed by atoms with Gasteiger partial charge in [0.15, 0.2) is 5.65 Å². The first kappa shape index (κ1) is 17.8. The molecule has 2 aromatic heterocycles. The smallest absolute Gasteiger partial charge is 0.342 e. The molecule has 3 aromatic rings. The Labute approximate surface area is 151 Å². The molecule has 0 bridgehead atoms. The van der Waals surface area contributed by atoms with Gasteiger partial charge in [0.2, 0.25) is 0 Å². The van der Waals surface area contributed by atoms with Gasteiger partial charge in [-0.05, 0) is 39.0 Å². The number of rotatable bonds is 5. The third-order valence-electron chi connectivity index (χ3n) is 3.85. The summed E-state index contributed by atoms with van der Waals surface area (Å²) in [6.07, 6.45) is 1.19. The highest BCUT2D eigenvalue weighted by atomic mass is 19.1. The lowest BCUT2D eigenvalue weighted by Crippen LogP contribution is -2.15. The fraction of sp³-hybridized carbons (Fsp3) is 0.250. The minimum atomic E-state index is -0.481. The van der Waals surface area contributed by atoms with Crippen LogP contribution in [0.2, 0.25) is 0 Å². The van der Waals surface area contributed by atoms with Gasteiger partial charge in [0, 0.05) is 29.4 Å². The van der Waals surface area contributed by atoms with Crippen molar-refractivity contribution in [2.45, 2.75) is 33.4 Å². The van der Waals surface area contributed by atoms with Crippen LogP contribution in [0.15, 0.2) is 42.6 Å². The molecule has 0 spiro atoms. The van der Waals surface area contributed by atoms with Gasteiger partial charge in [0.1, 0.15) is 11.4 Å². The van der Waals surface area contributed by atoms with E-state index in [0.717, 1.165) is 5.69 Å². The third kappa shape index (κ3) is 3.79. The van der Waals surface area contributed by atoms with Crippen molar-refractivity contribution in [2.75, 3.05) is 5.32 Å². The number of carbonyl (C=O) groups is 1. The number of halogens is 1. The monoisotopic (exact) mass is 353 g/mol. The second-order valence-corrected chi connectivity index (χ2v) is 6.27. The van der Waals surface area contributed by atoms with E-state index < -0.39 is 5.97 Å². The van der Waals surface area contributed by atoms with Crippen molar-refractivity contribution < 1.29 is 13.9 Å². The first-order valence-electron chi connectivity index (χ1n) is 8.40. The minimum Gasteiger partial charge on any atom is -0.459 e. The Morgan fingerprint density at radius 2 is 2.00 bits per heavy atom. The fourth-order valence-corrected chi connectivity index (χ4v) is 2.62. The first-order valence-corrected chi connectivity index (χ1v) is 8.40. The van der Waals surface area contributed by atoms with Crippen LogP contribution in [0.25, 0.3) is 11.0 Å².